The van der Waals surface area contributed by atoms with Gasteiger partial charge in [0.25, 0.3) is 0 Å². The lowest BCUT2D eigenvalue weighted by Gasteiger charge is -2.48. The first-order valence-electron chi connectivity index (χ1n) is 16.6. The molecule has 1 saturated carbocycles. The lowest BCUT2D eigenvalue weighted by Crippen LogP contribution is -2.37. The van der Waals surface area contributed by atoms with Gasteiger partial charge in [0.05, 0.1) is 0 Å². The third-order valence-electron chi connectivity index (χ3n) is 11.2. The van der Waals surface area contributed by atoms with E-state index in [4.69, 9.17) is 0 Å². The molecule has 2 nitrogen and oxygen atoms in total. The molecule has 0 saturated heterocycles. The smallest absolute Gasteiger partial charge is 0.0170 e. The Morgan fingerprint density at radius 3 is 2.61 bits per heavy atom. The fourth-order valence-electron chi connectivity index (χ4n) is 8.64. The van der Waals surface area contributed by atoms with Gasteiger partial charge in [-0.3, -0.25) is 0 Å². The van der Waals surface area contributed by atoms with Gasteiger partial charge < -0.3 is 10.8 Å². The standard InChI is InChI=1S/C39H55N.H2O/c1-6-35(31(5)36-15-8-7-9-16-36)19-21-40-27-34-13-10-12-32(25-34)24-33-14-11-20-39(26-33,37-22-28(2)23-37)38-18-17-29(3)30(38)4;/h7-10,12-13,15,17-18,22,28,31-33,35-36,40H,4,6,11,14,16,19-21,23-27H2,1-3,5H3;1H2. The minimum atomic E-state index is 0. The van der Waals surface area contributed by atoms with Crippen molar-refractivity contribution in [2.24, 2.45) is 40.9 Å². The van der Waals surface area contributed by atoms with Crippen LogP contribution in [0.5, 0.6) is 0 Å². The molecule has 7 unspecified atom stereocenters. The quantitative estimate of drug-likeness (QED) is 0.189. The monoisotopic (exact) mass is 555 g/mol. The summed E-state index contributed by atoms with van der Waals surface area (Å²) in [7, 11) is 0. The van der Waals surface area contributed by atoms with Crippen LogP contribution in [0.15, 0.2) is 95.2 Å². The second kappa shape index (κ2) is 14.3. The Morgan fingerprint density at radius 1 is 1.10 bits per heavy atom. The maximum atomic E-state index is 4.54. The highest BCUT2D eigenvalue weighted by Gasteiger charge is 2.46. The summed E-state index contributed by atoms with van der Waals surface area (Å²) in [6.45, 7) is 16.2. The minimum absolute atomic E-state index is 0. The molecule has 0 spiro atoms. The Bertz CT molecular complexity index is 1140. The van der Waals surface area contributed by atoms with Crippen molar-refractivity contribution in [1.29, 1.82) is 0 Å². The lowest BCUT2D eigenvalue weighted by molar-refractivity contribution is 0.184. The van der Waals surface area contributed by atoms with Crippen molar-refractivity contribution < 1.29 is 5.48 Å². The van der Waals surface area contributed by atoms with Crippen molar-refractivity contribution >= 4 is 0 Å². The van der Waals surface area contributed by atoms with Gasteiger partial charge >= 0.3 is 0 Å². The molecule has 0 aromatic carbocycles. The minimum Gasteiger partial charge on any atom is -0.412 e. The van der Waals surface area contributed by atoms with Crippen molar-refractivity contribution in [3.63, 3.8) is 0 Å². The fourth-order valence-corrected chi connectivity index (χ4v) is 8.64. The summed E-state index contributed by atoms with van der Waals surface area (Å²) in [4.78, 5) is 0. The molecular weight excluding hydrogens is 498 g/mol. The predicted octanol–water partition coefficient (Wildman–Crippen LogP) is 9.41. The fraction of sp³-hybridized carbons (Fsp3) is 0.590. The van der Waals surface area contributed by atoms with Gasteiger partial charge in [0.2, 0.25) is 0 Å². The van der Waals surface area contributed by atoms with E-state index in [1.54, 1.807) is 16.7 Å². The van der Waals surface area contributed by atoms with Crippen molar-refractivity contribution in [2.75, 3.05) is 13.1 Å². The van der Waals surface area contributed by atoms with Gasteiger partial charge in [-0.05, 0) is 111 Å². The SMILES string of the molecule is C=C1C(C)=CC=C1C1(C2=CC(C)C2)CCCC(CC2C=CC=C(CNCCC(CC)C(C)C3C=CC=CC3)C2)C1.O. The van der Waals surface area contributed by atoms with Gasteiger partial charge in [-0.1, -0.05) is 119 Å². The molecule has 0 aliphatic heterocycles. The van der Waals surface area contributed by atoms with Crippen LogP contribution in [-0.4, -0.2) is 18.6 Å². The Labute approximate surface area is 251 Å². The van der Waals surface area contributed by atoms with E-state index in [-0.39, 0.29) is 10.9 Å². The number of hydrogen-bond donors (Lipinski definition) is 1. The molecule has 5 aliphatic rings. The van der Waals surface area contributed by atoms with Crippen LogP contribution in [0.4, 0.5) is 0 Å². The highest BCUT2D eigenvalue weighted by atomic mass is 16.0. The number of hydrogen-bond acceptors (Lipinski definition) is 1. The van der Waals surface area contributed by atoms with Gasteiger partial charge in [0, 0.05) is 12.0 Å². The van der Waals surface area contributed by atoms with E-state index in [0.29, 0.717) is 11.8 Å². The topological polar surface area (TPSA) is 43.5 Å². The average Bonchev–Trinajstić information content (AvgIpc) is 3.30. The van der Waals surface area contributed by atoms with Crippen LogP contribution < -0.4 is 5.32 Å². The van der Waals surface area contributed by atoms with E-state index in [2.05, 4.69) is 100 Å². The number of allylic oxidation sites excluding steroid dienone is 14. The van der Waals surface area contributed by atoms with Crippen LogP contribution in [0, 0.1) is 40.9 Å². The van der Waals surface area contributed by atoms with Crippen LogP contribution in [0.1, 0.15) is 91.9 Å². The first-order valence-corrected chi connectivity index (χ1v) is 16.6. The zero-order valence-corrected chi connectivity index (χ0v) is 26.4. The maximum absolute atomic E-state index is 4.54. The molecule has 0 aromatic rings. The Kier molecular flexibility index (Phi) is 11.1. The molecule has 7 atom stereocenters. The molecule has 1 fully saturated rings. The van der Waals surface area contributed by atoms with Crippen LogP contribution in [0.2, 0.25) is 0 Å². The molecule has 0 heterocycles. The highest BCUT2D eigenvalue weighted by Crippen LogP contribution is 2.58. The maximum Gasteiger partial charge on any atom is 0.0170 e. The molecule has 2 heteroatoms. The van der Waals surface area contributed by atoms with Gasteiger partial charge in [0.1, 0.15) is 0 Å². The molecule has 5 rings (SSSR count). The summed E-state index contributed by atoms with van der Waals surface area (Å²) in [5.74, 6) is 4.51. The summed E-state index contributed by atoms with van der Waals surface area (Å²) >= 11 is 0. The van der Waals surface area contributed by atoms with E-state index in [1.165, 1.54) is 75.4 Å². The average molecular weight is 556 g/mol. The Morgan fingerprint density at radius 2 is 1.93 bits per heavy atom. The van der Waals surface area contributed by atoms with Crippen LogP contribution in [-0.2, 0) is 0 Å². The van der Waals surface area contributed by atoms with E-state index >= 15 is 0 Å². The first kappa shape index (κ1) is 31.8. The summed E-state index contributed by atoms with van der Waals surface area (Å²) in [5.41, 5.74) is 7.78. The second-order valence-electron chi connectivity index (χ2n) is 13.9. The van der Waals surface area contributed by atoms with Gasteiger partial charge in [-0.15, -0.1) is 0 Å². The van der Waals surface area contributed by atoms with Crippen LogP contribution in [0.3, 0.4) is 0 Å². The highest BCUT2D eigenvalue weighted by molar-refractivity contribution is 5.58. The lowest BCUT2D eigenvalue weighted by atomic mass is 9.55. The molecular formula is C39H57NO. The van der Waals surface area contributed by atoms with E-state index in [9.17, 15) is 0 Å². The zero-order valence-electron chi connectivity index (χ0n) is 26.4. The van der Waals surface area contributed by atoms with Gasteiger partial charge in [-0.2, -0.15) is 0 Å². The van der Waals surface area contributed by atoms with E-state index in [0.717, 1.165) is 36.8 Å². The molecule has 5 aliphatic carbocycles. The molecule has 0 radical (unpaired) electrons. The van der Waals surface area contributed by atoms with Crippen molar-refractivity contribution in [3.05, 3.63) is 95.2 Å². The summed E-state index contributed by atoms with van der Waals surface area (Å²) < 4.78 is 0. The van der Waals surface area contributed by atoms with Crippen LogP contribution >= 0.6 is 0 Å². The van der Waals surface area contributed by atoms with Crippen LogP contribution in [0.25, 0.3) is 0 Å². The third-order valence-corrected chi connectivity index (χ3v) is 11.2. The number of nitrogens with one attached hydrogen (secondary N) is 1. The van der Waals surface area contributed by atoms with E-state index < -0.39 is 0 Å². The largest absolute Gasteiger partial charge is 0.412 e. The first-order chi connectivity index (χ1) is 19.4. The molecule has 0 amide bonds. The van der Waals surface area contributed by atoms with Crippen molar-refractivity contribution in [3.8, 4) is 0 Å². The van der Waals surface area contributed by atoms with Gasteiger partial charge in [-0.25, -0.2) is 0 Å². The molecule has 224 valence electrons. The Balaban J connectivity index is 0.00000387. The molecule has 3 N–H and O–H groups in total. The second-order valence-corrected chi connectivity index (χ2v) is 13.9. The van der Waals surface area contributed by atoms with E-state index in [1.807, 2.05) is 0 Å². The molecule has 0 aromatic heterocycles. The Hall–Kier alpha value is -2.16. The zero-order chi connectivity index (χ0) is 28.1. The summed E-state index contributed by atoms with van der Waals surface area (Å²) in [5, 5.41) is 3.83. The van der Waals surface area contributed by atoms with Gasteiger partial charge in [0.15, 0.2) is 0 Å². The molecule has 41 heavy (non-hydrogen) atoms. The summed E-state index contributed by atoms with van der Waals surface area (Å²) in [6.07, 6.45) is 36.8. The molecule has 0 bridgehead atoms. The van der Waals surface area contributed by atoms with Crippen molar-refractivity contribution in [2.45, 2.75) is 91.9 Å². The normalized spacial score (nSPS) is 32.3. The van der Waals surface area contributed by atoms with Crippen molar-refractivity contribution in [1.82, 2.24) is 5.32 Å². The number of rotatable bonds is 12. The predicted molar refractivity (Wildman–Crippen MR) is 178 cm³/mol. The third kappa shape index (κ3) is 7.26. The summed E-state index contributed by atoms with van der Waals surface area (Å²) in [6, 6.07) is 0.